The number of aliphatic hydroxyl groups excluding tert-OH is 1. The molecule has 0 spiro atoms. The summed E-state index contributed by atoms with van der Waals surface area (Å²) in [4.78, 5) is 10.5. The topological polar surface area (TPSA) is 75.4 Å². The average Bonchev–Trinajstić information content (AvgIpc) is 2.82. The third kappa shape index (κ3) is 2.90. The van der Waals surface area contributed by atoms with E-state index in [1.165, 1.54) is 6.07 Å². The highest BCUT2D eigenvalue weighted by Crippen LogP contribution is 2.37. The van der Waals surface area contributed by atoms with E-state index in [1.54, 1.807) is 13.0 Å². The molecule has 0 aromatic heterocycles. The molecule has 2 rings (SSSR count). The van der Waals surface area contributed by atoms with Crippen molar-refractivity contribution < 1.29 is 10.0 Å². The minimum absolute atomic E-state index is 0.0788. The second-order valence-corrected chi connectivity index (χ2v) is 6.00. The fourth-order valence-corrected chi connectivity index (χ4v) is 3.05. The van der Waals surface area contributed by atoms with E-state index in [9.17, 15) is 15.2 Å². The molecule has 19 heavy (non-hydrogen) atoms. The smallest absolute Gasteiger partial charge is 0.273 e. The molecule has 1 saturated carbocycles. The van der Waals surface area contributed by atoms with Crippen LogP contribution in [0, 0.1) is 17.0 Å². The molecule has 1 fully saturated rings. The van der Waals surface area contributed by atoms with Crippen LogP contribution >= 0.6 is 15.9 Å². The Hall–Kier alpha value is -1.14. The number of anilines is 1. The van der Waals surface area contributed by atoms with Crippen LogP contribution in [0.3, 0.4) is 0 Å². The van der Waals surface area contributed by atoms with Crippen molar-refractivity contribution in [3.05, 3.63) is 32.3 Å². The van der Waals surface area contributed by atoms with E-state index < -0.39 is 0 Å². The maximum atomic E-state index is 10.9. The maximum absolute atomic E-state index is 10.9. The number of nitrogens with one attached hydrogen (secondary N) is 1. The van der Waals surface area contributed by atoms with E-state index >= 15 is 0 Å². The van der Waals surface area contributed by atoms with Crippen molar-refractivity contribution in [2.45, 2.75) is 38.1 Å². The molecular formula is C13H17BrN2O3. The second kappa shape index (κ2) is 5.46. The van der Waals surface area contributed by atoms with Gasteiger partial charge in [-0.2, -0.15) is 0 Å². The van der Waals surface area contributed by atoms with Crippen LogP contribution in [-0.2, 0) is 0 Å². The van der Waals surface area contributed by atoms with Crippen molar-refractivity contribution >= 4 is 27.3 Å². The summed E-state index contributed by atoms with van der Waals surface area (Å²) in [6.45, 7) is 1.80. The van der Waals surface area contributed by atoms with Crippen LogP contribution in [0.4, 0.5) is 11.4 Å². The van der Waals surface area contributed by atoms with Crippen LogP contribution in [0.25, 0.3) is 0 Å². The van der Waals surface area contributed by atoms with Gasteiger partial charge in [-0.25, -0.2) is 0 Å². The van der Waals surface area contributed by atoms with E-state index in [0.717, 1.165) is 31.4 Å². The molecule has 0 unspecified atom stereocenters. The molecule has 104 valence electrons. The first-order chi connectivity index (χ1) is 8.97. The average molecular weight is 329 g/mol. The number of nitrogens with zero attached hydrogens (tertiary/aromatic N) is 1. The molecule has 5 nitrogen and oxygen atoms in total. The fourth-order valence-electron chi connectivity index (χ4n) is 2.62. The Morgan fingerprint density at radius 1 is 1.47 bits per heavy atom. The Morgan fingerprint density at radius 3 is 2.63 bits per heavy atom. The maximum Gasteiger partial charge on any atom is 0.273 e. The zero-order valence-corrected chi connectivity index (χ0v) is 12.4. The molecule has 0 saturated heterocycles. The van der Waals surface area contributed by atoms with Crippen molar-refractivity contribution in [2.24, 2.45) is 0 Å². The summed E-state index contributed by atoms with van der Waals surface area (Å²) in [5.41, 5.74) is 1.23. The predicted octanol–water partition coefficient (Wildman–Crippen LogP) is 3.38. The van der Waals surface area contributed by atoms with Gasteiger partial charge in [0.2, 0.25) is 0 Å². The second-order valence-electron chi connectivity index (χ2n) is 5.15. The van der Waals surface area contributed by atoms with E-state index in [2.05, 4.69) is 21.2 Å². The molecule has 1 aliphatic rings. The van der Waals surface area contributed by atoms with Gasteiger partial charge in [0.05, 0.1) is 17.1 Å². The van der Waals surface area contributed by atoms with Gasteiger partial charge in [0.25, 0.3) is 5.69 Å². The normalized spacial score (nSPS) is 17.4. The summed E-state index contributed by atoms with van der Waals surface area (Å²) in [7, 11) is 0. The minimum Gasteiger partial charge on any atom is -0.394 e. The van der Waals surface area contributed by atoms with Crippen LogP contribution in [0.5, 0.6) is 0 Å². The molecular weight excluding hydrogens is 312 g/mol. The molecule has 0 amide bonds. The van der Waals surface area contributed by atoms with E-state index in [0.29, 0.717) is 10.0 Å². The summed E-state index contributed by atoms with van der Waals surface area (Å²) in [6.07, 6.45) is 4.03. The Kier molecular flexibility index (Phi) is 4.10. The lowest BCUT2D eigenvalue weighted by atomic mass is 9.98. The third-order valence-corrected chi connectivity index (χ3v) is 4.40. The number of aliphatic hydroxyl groups is 1. The molecule has 1 aromatic carbocycles. The van der Waals surface area contributed by atoms with Gasteiger partial charge in [0, 0.05) is 21.8 Å². The number of halogens is 1. The predicted molar refractivity (Wildman–Crippen MR) is 77.4 cm³/mol. The van der Waals surface area contributed by atoms with Crippen molar-refractivity contribution in [3.8, 4) is 0 Å². The first-order valence-corrected chi connectivity index (χ1v) is 7.10. The van der Waals surface area contributed by atoms with Gasteiger partial charge in [0.15, 0.2) is 0 Å². The zero-order chi connectivity index (χ0) is 14.0. The van der Waals surface area contributed by atoms with Crippen molar-refractivity contribution in [1.82, 2.24) is 0 Å². The quantitative estimate of drug-likeness (QED) is 0.656. The standard InChI is InChI=1S/C13H17BrN2O3/c1-9-6-11(10(14)7-12(9)16(18)19)15-13(8-17)4-2-3-5-13/h6-7,15,17H,2-5,8H2,1H3. The van der Waals surface area contributed by atoms with Crippen molar-refractivity contribution in [2.75, 3.05) is 11.9 Å². The SMILES string of the molecule is Cc1cc(NC2(CO)CCCC2)c(Br)cc1[N+](=O)[O-]. The lowest BCUT2D eigenvalue weighted by molar-refractivity contribution is -0.385. The molecule has 6 heteroatoms. The number of nitro benzene ring substituents is 1. The largest absolute Gasteiger partial charge is 0.394 e. The van der Waals surface area contributed by atoms with E-state index in [1.807, 2.05) is 0 Å². The summed E-state index contributed by atoms with van der Waals surface area (Å²) in [5, 5.41) is 23.8. The summed E-state index contributed by atoms with van der Waals surface area (Å²) in [6, 6.07) is 3.27. The number of rotatable bonds is 4. The molecule has 0 heterocycles. The number of hydrogen-bond donors (Lipinski definition) is 2. The Bertz CT molecular complexity index is 499. The summed E-state index contributed by atoms with van der Waals surface area (Å²) >= 11 is 3.36. The lowest BCUT2D eigenvalue weighted by Crippen LogP contribution is -2.39. The summed E-state index contributed by atoms with van der Waals surface area (Å²) < 4.78 is 0.657. The van der Waals surface area contributed by atoms with E-state index in [-0.39, 0.29) is 22.8 Å². The van der Waals surface area contributed by atoms with E-state index in [4.69, 9.17) is 0 Å². The molecule has 1 aromatic rings. The van der Waals surface area contributed by atoms with Gasteiger partial charge in [-0.3, -0.25) is 10.1 Å². The molecule has 0 aliphatic heterocycles. The molecule has 2 N–H and O–H groups in total. The Balaban J connectivity index is 2.30. The highest BCUT2D eigenvalue weighted by molar-refractivity contribution is 9.10. The zero-order valence-electron chi connectivity index (χ0n) is 10.8. The number of aryl methyl sites for hydroxylation is 1. The first kappa shape index (κ1) is 14.3. The van der Waals surface area contributed by atoms with Crippen LogP contribution in [0.1, 0.15) is 31.2 Å². The van der Waals surface area contributed by atoms with Gasteiger partial charge in [-0.05, 0) is 41.8 Å². The van der Waals surface area contributed by atoms with Crippen LogP contribution in [-0.4, -0.2) is 22.2 Å². The molecule has 0 radical (unpaired) electrons. The Labute approximate surface area is 120 Å². The van der Waals surface area contributed by atoms with Crippen molar-refractivity contribution in [3.63, 3.8) is 0 Å². The highest BCUT2D eigenvalue weighted by atomic mass is 79.9. The van der Waals surface area contributed by atoms with Gasteiger partial charge in [-0.1, -0.05) is 12.8 Å². The van der Waals surface area contributed by atoms with Gasteiger partial charge in [0.1, 0.15) is 0 Å². The Morgan fingerprint density at radius 2 is 2.11 bits per heavy atom. The third-order valence-electron chi connectivity index (χ3n) is 3.75. The van der Waals surface area contributed by atoms with Crippen LogP contribution in [0.15, 0.2) is 16.6 Å². The first-order valence-electron chi connectivity index (χ1n) is 6.31. The lowest BCUT2D eigenvalue weighted by Gasteiger charge is -2.30. The molecule has 1 aliphatic carbocycles. The molecule has 0 atom stereocenters. The summed E-state index contributed by atoms with van der Waals surface area (Å²) in [5.74, 6) is 0. The van der Waals surface area contributed by atoms with Crippen LogP contribution in [0.2, 0.25) is 0 Å². The highest BCUT2D eigenvalue weighted by Gasteiger charge is 2.33. The van der Waals surface area contributed by atoms with Gasteiger partial charge < -0.3 is 10.4 Å². The van der Waals surface area contributed by atoms with Gasteiger partial charge in [-0.15, -0.1) is 0 Å². The van der Waals surface area contributed by atoms with Crippen LogP contribution < -0.4 is 5.32 Å². The number of nitro groups is 1. The fraction of sp³-hybridized carbons (Fsp3) is 0.538. The monoisotopic (exact) mass is 328 g/mol. The van der Waals surface area contributed by atoms with Crippen molar-refractivity contribution in [1.29, 1.82) is 0 Å². The number of benzene rings is 1. The van der Waals surface area contributed by atoms with Gasteiger partial charge >= 0.3 is 0 Å². The minimum atomic E-state index is -0.388. The number of hydrogen-bond acceptors (Lipinski definition) is 4. The molecule has 0 bridgehead atoms.